The molecule has 0 spiro atoms. The second-order valence-corrected chi connectivity index (χ2v) is 4.66. The summed E-state index contributed by atoms with van der Waals surface area (Å²) in [6.07, 6.45) is -1.88. The summed E-state index contributed by atoms with van der Waals surface area (Å²) in [5, 5.41) is 0. The number of hydrogen-bond donors (Lipinski definition) is 1. The van der Waals surface area contributed by atoms with E-state index in [2.05, 4.69) is 9.97 Å². The molecule has 2 N–H and O–H groups in total. The van der Waals surface area contributed by atoms with Gasteiger partial charge in [0.25, 0.3) is 0 Å². The van der Waals surface area contributed by atoms with Crippen LogP contribution in [0.4, 0.5) is 13.2 Å². The lowest BCUT2D eigenvalue weighted by molar-refractivity contribution is -0.141. The third-order valence-corrected chi connectivity index (χ3v) is 2.82. The highest BCUT2D eigenvalue weighted by molar-refractivity contribution is 5.85. The van der Waals surface area contributed by atoms with Gasteiger partial charge in [-0.2, -0.15) is 13.2 Å². The minimum absolute atomic E-state index is 0. The lowest BCUT2D eigenvalue weighted by atomic mass is 10.1. The third-order valence-electron chi connectivity index (χ3n) is 2.82. The molecule has 0 radical (unpaired) electrons. The van der Waals surface area contributed by atoms with Crippen LogP contribution in [0.25, 0.3) is 0 Å². The smallest absolute Gasteiger partial charge is 0.433 e. The van der Waals surface area contributed by atoms with Crippen molar-refractivity contribution in [2.45, 2.75) is 26.1 Å². The van der Waals surface area contributed by atoms with Gasteiger partial charge in [-0.1, -0.05) is 0 Å². The van der Waals surface area contributed by atoms with E-state index in [9.17, 15) is 13.2 Å². The van der Waals surface area contributed by atoms with Crippen molar-refractivity contribution in [3.63, 3.8) is 0 Å². The van der Waals surface area contributed by atoms with Crippen LogP contribution in [-0.2, 0) is 6.18 Å². The van der Waals surface area contributed by atoms with Crippen LogP contribution in [0.3, 0.4) is 0 Å². The average Bonchev–Trinajstić information content (AvgIpc) is 2.40. The Morgan fingerprint density at radius 3 is 2.32 bits per heavy atom. The summed E-state index contributed by atoms with van der Waals surface area (Å²) in [4.78, 5) is 7.44. The van der Waals surface area contributed by atoms with Gasteiger partial charge in [-0.3, -0.25) is 0 Å². The molecular formula is C14H15ClF3N3O. The van der Waals surface area contributed by atoms with Gasteiger partial charge in [-0.25, -0.2) is 9.97 Å². The summed E-state index contributed by atoms with van der Waals surface area (Å²) in [7, 11) is 0. The van der Waals surface area contributed by atoms with Crippen molar-refractivity contribution in [3.05, 3.63) is 47.4 Å². The molecule has 1 atom stereocenters. The summed E-state index contributed by atoms with van der Waals surface area (Å²) in [6, 6.07) is 3.74. The van der Waals surface area contributed by atoms with E-state index in [4.69, 9.17) is 10.5 Å². The van der Waals surface area contributed by atoms with Crippen molar-refractivity contribution >= 4 is 12.4 Å². The molecule has 0 aliphatic carbocycles. The van der Waals surface area contributed by atoms with Gasteiger partial charge in [0.1, 0.15) is 11.4 Å². The van der Waals surface area contributed by atoms with E-state index in [1.165, 1.54) is 6.07 Å². The van der Waals surface area contributed by atoms with Crippen LogP contribution in [0.1, 0.15) is 29.8 Å². The fourth-order valence-electron chi connectivity index (χ4n) is 1.66. The number of nitrogens with zero attached hydrogens (tertiary/aromatic N) is 2. The molecule has 0 bridgehead atoms. The van der Waals surface area contributed by atoms with Crippen molar-refractivity contribution in [1.29, 1.82) is 0 Å². The van der Waals surface area contributed by atoms with E-state index in [0.29, 0.717) is 5.88 Å². The van der Waals surface area contributed by atoms with Crippen LogP contribution in [-0.4, -0.2) is 9.97 Å². The van der Waals surface area contributed by atoms with Gasteiger partial charge in [-0.15, -0.1) is 12.4 Å². The van der Waals surface area contributed by atoms with Gasteiger partial charge in [0, 0.05) is 17.8 Å². The third kappa shape index (κ3) is 4.32. The van der Waals surface area contributed by atoms with E-state index < -0.39 is 11.9 Å². The first-order valence-corrected chi connectivity index (χ1v) is 6.20. The van der Waals surface area contributed by atoms with E-state index in [-0.39, 0.29) is 24.2 Å². The molecular weight excluding hydrogens is 319 g/mol. The fourth-order valence-corrected chi connectivity index (χ4v) is 1.66. The number of halogens is 4. The highest BCUT2D eigenvalue weighted by Gasteiger charge is 2.32. The first-order chi connectivity index (χ1) is 9.77. The van der Waals surface area contributed by atoms with Gasteiger partial charge >= 0.3 is 6.18 Å². The molecule has 0 saturated carbocycles. The monoisotopic (exact) mass is 333 g/mol. The van der Waals surface area contributed by atoms with E-state index in [1.807, 2.05) is 13.0 Å². The molecule has 0 amide bonds. The zero-order valence-corrected chi connectivity index (χ0v) is 12.7. The van der Waals surface area contributed by atoms with Crippen LogP contribution in [0, 0.1) is 6.92 Å². The maximum atomic E-state index is 12.4. The van der Waals surface area contributed by atoms with Crippen LogP contribution in [0.15, 0.2) is 30.6 Å². The SMILES string of the molecule is Cc1cc(C(C)N)cnc1Oc1ccc(C(F)(F)F)nc1.Cl. The molecule has 0 saturated heterocycles. The molecule has 2 rings (SSSR count). The Balaban J connectivity index is 0.00000242. The average molecular weight is 334 g/mol. The summed E-state index contributed by atoms with van der Waals surface area (Å²) in [5.41, 5.74) is 6.37. The van der Waals surface area contributed by atoms with Crippen molar-refractivity contribution in [1.82, 2.24) is 9.97 Å². The lowest BCUT2D eigenvalue weighted by Gasteiger charge is -2.11. The number of nitrogens with two attached hydrogens (primary N) is 1. The van der Waals surface area contributed by atoms with Gasteiger partial charge in [-0.05, 0) is 37.6 Å². The topological polar surface area (TPSA) is 61.0 Å². The molecule has 0 fully saturated rings. The minimum Gasteiger partial charge on any atom is -0.437 e. The summed E-state index contributed by atoms with van der Waals surface area (Å²) in [6.45, 7) is 3.61. The van der Waals surface area contributed by atoms with Gasteiger partial charge in [0.2, 0.25) is 5.88 Å². The van der Waals surface area contributed by atoms with E-state index in [1.54, 1.807) is 13.1 Å². The fraction of sp³-hybridized carbons (Fsp3) is 0.286. The Kier molecular flexibility index (Phi) is 5.73. The highest BCUT2D eigenvalue weighted by Crippen LogP contribution is 2.29. The predicted molar refractivity (Wildman–Crippen MR) is 78.1 cm³/mol. The highest BCUT2D eigenvalue weighted by atomic mass is 35.5. The van der Waals surface area contributed by atoms with E-state index >= 15 is 0 Å². The maximum absolute atomic E-state index is 12.4. The van der Waals surface area contributed by atoms with Crippen molar-refractivity contribution in [3.8, 4) is 11.6 Å². The van der Waals surface area contributed by atoms with Crippen molar-refractivity contribution in [2.24, 2.45) is 5.73 Å². The molecule has 0 aliphatic heterocycles. The molecule has 1 unspecified atom stereocenters. The van der Waals surface area contributed by atoms with Crippen LogP contribution >= 0.6 is 12.4 Å². The number of rotatable bonds is 3. The first kappa shape index (κ1) is 18.2. The Morgan fingerprint density at radius 1 is 1.18 bits per heavy atom. The second kappa shape index (κ2) is 6.93. The maximum Gasteiger partial charge on any atom is 0.433 e. The van der Waals surface area contributed by atoms with Crippen LogP contribution in [0.5, 0.6) is 11.6 Å². The second-order valence-electron chi connectivity index (χ2n) is 4.66. The Labute approximate surface area is 131 Å². The molecule has 4 nitrogen and oxygen atoms in total. The largest absolute Gasteiger partial charge is 0.437 e. The Morgan fingerprint density at radius 2 is 1.86 bits per heavy atom. The van der Waals surface area contributed by atoms with Gasteiger partial charge in [0.15, 0.2) is 0 Å². The zero-order chi connectivity index (χ0) is 15.6. The van der Waals surface area contributed by atoms with Gasteiger partial charge in [0.05, 0.1) is 6.20 Å². The summed E-state index contributed by atoms with van der Waals surface area (Å²) < 4.78 is 42.6. The molecule has 2 aromatic heterocycles. The molecule has 2 heterocycles. The number of pyridine rings is 2. The van der Waals surface area contributed by atoms with Crippen LogP contribution in [0.2, 0.25) is 0 Å². The number of alkyl halides is 3. The number of hydrogen-bond acceptors (Lipinski definition) is 4. The van der Waals surface area contributed by atoms with Crippen LogP contribution < -0.4 is 10.5 Å². The van der Waals surface area contributed by atoms with Crippen molar-refractivity contribution < 1.29 is 17.9 Å². The zero-order valence-electron chi connectivity index (χ0n) is 11.9. The normalized spacial score (nSPS) is 12.5. The number of aryl methyl sites for hydroxylation is 1. The summed E-state index contributed by atoms with van der Waals surface area (Å²) in [5.74, 6) is 0.494. The van der Waals surface area contributed by atoms with Gasteiger partial charge < -0.3 is 10.5 Å². The predicted octanol–water partition coefficient (Wildman–Crippen LogP) is 4.04. The molecule has 120 valence electrons. The molecule has 0 aromatic carbocycles. The quantitative estimate of drug-likeness (QED) is 0.921. The molecule has 2 aromatic rings. The molecule has 22 heavy (non-hydrogen) atoms. The summed E-state index contributed by atoms with van der Waals surface area (Å²) >= 11 is 0. The number of ether oxygens (including phenoxy) is 1. The lowest BCUT2D eigenvalue weighted by Crippen LogP contribution is -2.07. The minimum atomic E-state index is -4.47. The van der Waals surface area contributed by atoms with E-state index in [0.717, 1.165) is 23.4 Å². The Hall–Kier alpha value is -1.86. The number of aromatic nitrogens is 2. The molecule has 8 heteroatoms. The first-order valence-electron chi connectivity index (χ1n) is 6.20. The Bertz CT molecular complexity index is 630. The standard InChI is InChI=1S/C14H14F3N3O.ClH/c1-8-5-10(9(2)18)6-20-13(8)21-11-3-4-12(19-7-11)14(15,16)17;/h3-7,9H,18H2,1-2H3;1H. The molecule has 0 aliphatic rings. The van der Waals surface area contributed by atoms with Crippen molar-refractivity contribution in [2.75, 3.05) is 0 Å².